The molecule has 0 atom stereocenters. The van der Waals surface area contributed by atoms with Gasteiger partial charge in [-0.25, -0.2) is 5.43 Å². The number of para-hydroxylation sites is 1. The van der Waals surface area contributed by atoms with Crippen LogP contribution in [0, 0.1) is 0 Å². The van der Waals surface area contributed by atoms with Crippen LogP contribution in [0.15, 0.2) is 57.9 Å². The molecule has 0 unspecified atom stereocenters. The first-order chi connectivity index (χ1) is 13.6. The topological polar surface area (TPSA) is 49.3 Å². The Morgan fingerprint density at radius 1 is 1.11 bits per heavy atom. The Morgan fingerprint density at radius 2 is 1.93 bits per heavy atom. The number of benzene rings is 2. The van der Waals surface area contributed by atoms with Crippen molar-refractivity contribution in [1.82, 2.24) is 10.1 Å². The number of hydrogen-bond donors (Lipinski definition) is 2. The summed E-state index contributed by atoms with van der Waals surface area (Å²) in [5.41, 5.74) is 10.2. The van der Waals surface area contributed by atoms with Gasteiger partial charge < -0.3 is 10.4 Å². The molecule has 3 aromatic rings. The van der Waals surface area contributed by atoms with Gasteiger partial charge in [-0.2, -0.15) is 0 Å². The second-order valence-electron chi connectivity index (χ2n) is 6.89. The van der Waals surface area contributed by atoms with E-state index >= 15 is 0 Å². The van der Waals surface area contributed by atoms with Gasteiger partial charge in [0.05, 0.1) is 16.2 Å². The number of nitrogens with zero attached hydrogens (tertiary/aromatic N) is 2. The van der Waals surface area contributed by atoms with Gasteiger partial charge in [-0.15, -0.1) is 0 Å². The Bertz CT molecular complexity index is 1050. The maximum absolute atomic E-state index is 12.0. The first-order valence-corrected chi connectivity index (χ1v) is 10.6. The van der Waals surface area contributed by atoms with Crippen LogP contribution < -0.4 is 21.3 Å². The third-order valence-corrected chi connectivity index (χ3v) is 5.69. The predicted molar refractivity (Wildman–Crippen MR) is 120 cm³/mol. The molecule has 28 heavy (non-hydrogen) atoms. The minimum atomic E-state index is 0.0441. The fourth-order valence-electron chi connectivity index (χ4n) is 3.65. The number of anilines is 1. The second-order valence-corrected chi connectivity index (χ2v) is 8.21. The fraction of sp³-hybridized carbons (Fsp3) is 0.286. The molecule has 0 bridgehead atoms. The molecular weight excluding hydrogens is 440 g/mol. The van der Waals surface area contributed by atoms with Crippen LogP contribution in [0.3, 0.4) is 0 Å². The Morgan fingerprint density at radius 3 is 2.82 bits per heavy atom. The van der Waals surface area contributed by atoms with E-state index < -0.39 is 0 Å². The van der Waals surface area contributed by atoms with Crippen molar-refractivity contribution < 1.29 is 0 Å². The van der Waals surface area contributed by atoms with Gasteiger partial charge in [0.2, 0.25) is 0 Å². The first kappa shape index (κ1) is 19.3. The van der Waals surface area contributed by atoms with Gasteiger partial charge in [0, 0.05) is 41.8 Å². The summed E-state index contributed by atoms with van der Waals surface area (Å²) in [5, 5.41) is 3.67. The molecule has 0 amide bonds. The standard InChI is InChI=1S/C21H22BrClN4O/c22-16-13-15-5-3-11-27(21(15)18(23)14-16)25-10-4-9-24-26-12-8-20(28)17-6-1-2-7-19(17)26/h1-2,6-8,12-14,24-25H,3-5,9-11H2. The van der Waals surface area contributed by atoms with Crippen LogP contribution in [0.4, 0.5) is 5.69 Å². The maximum Gasteiger partial charge on any atom is 0.189 e. The molecule has 0 saturated heterocycles. The average Bonchev–Trinajstić information content (AvgIpc) is 2.69. The molecule has 0 spiro atoms. The molecular formula is C21H22BrClN4O. The number of halogens is 2. The van der Waals surface area contributed by atoms with Crippen LogP contribution in [0.5, 0.6) is 0 Å². The van der Waals surface area contributed by atoms with Gasteiger partial charge in [-0.3, -0.25) is 9.47 Å². The third-order valence-electron chi connectivity index (χ3n) is 4.95. The van der Waals surface area contributed by atoms with Gasteiger partial charge in [0.25, 0.3) is 0 Å². The summed E-state index contributed by atoms with van der Waals surface area (Å²) in [5.74, 6) is 0. The normalized spacial score (nSPS) is 13.6. The van der Waals surface area contributed by atoms with E-state index in [9.17, 15) is 4.79 Å². The van der Waals surface area contributed by atoms with E-state index in [0.717, 1.165) is 65.0 Å². The van der Waals surface area contributed by atoms with Crippen molar-refractivity contribution in [3.63, 3.8) is 0 Å². The third kappa shape index (κ3) is 4.04. The van der Waals surface area contributed by atoms with Gasteiger partial charge in [0.15, 0.2) is 5.43 Å². The monoisotopic (exact) mass is 460 g/mol. The van der Waals surface area contributed by atoms with Gasteiger partial charge in [0.1, 0.15) is 0 Å². The van der Waals surface area contributed by atoms with Crippen molar-refractivity contribution >= 4 is 44.1 Å². The molecule has 0 fully saturated rings. The summed E-state index contributed by atoms with van der Waals surface area (Å²) in [6, 6.07) is 13.3. The van der Waals surface area contributed by atoms with E-state index in [4.69, 9.17) is 11.6 Å². The van der Waals surface area contributed by atoms with Crippen molar-refractivity contribution in [2.24, 2.45) is 0 Å². The highest BCUT2D eigenvalue weighted by atomic mass is 79.9. The second kappa shape index (κ2) is 8.55. The molecule has 1 aromatic heterocycles. The zero-order valence-electron chi connectivity index (χ0n) is 15.4. The predicted octanol–water partition coefficient (Wildman–Crippen LogP) is 4.31. The zero-order chi connectivity index (χ0) is 19.5. The van der Waals surface area contributed by atoms with Crippen molar-refractivity contribution in [2.75, 3.05) is 30.1 Å². The Hall–Kier alpha value is -2.02. The quantitative estimate of drug-likeness (QED) is 0.537. The van der Waals surface area contributed by atoms with E-state index in [1.54, 1.807) is 12.3 Å². The lowest BCUT2D eigenvalue weighted by Gasteiger charge is -2.32. The Kier molecular flexibility index (Phi) is 5.90. The van der Waals surface area contributed by atoms with Crippen LogP contribution in [0.1, 0.15) is 18.4 Å². The molecule has 1 aliphatic heterocycles. The summed E-state index contributed by atoms with van der Waals surface area (Å²) in [7, 11) is 0. The number of aromatic nitrogens is 1. The highest BCUT2D eigenvalue weighted by molar-refractivity contribution is 9.10. The molecule has 2 heterocycles. The minimum Gasteiger partial charge on any atom is -0.326 e. The van der Waals surface area contributed by atoms with Crippen LogP contribution in [-0.4, -0.2) is 24.3 Å². The molecule has 5 nitrogen and oxygen atoms in total. The van der Waals surface area contributed by atoms with E-state index in [1.807, 2.05) is 35.0 Å². The lowest BCUT2D eigenvalue weighted by Crippen LogP contribution is -2.42. The van der Waals surface area contributed by atoms with E-state index in [1.165, 1.54) is 5.56 Å². The van der Waals surface area contributed by atoms with Crippen molar-refractivity contribution in [3.05, 3.63) is 73.9 Å². The fourth-order valence-corrected chi connectivity index (χ4v) is 4.63. The lowest BCUT2D eigenvalue weighted by atomic mass is 10.0. The number of pyridine rings is 1. The van der Waals surface area contributed by atoms with Gasteiger partial charge in [-0.1, -0.05) is 39.7 Å². The summed E-state index contributed by atoms with van der Waals surface area (Å²) >= 11 is 10.0. The highest BCUT2D eigenvalue weighted by Gasteiger charge is 2.20. The summed E-state index contributed by atoms with van der Waals surface area (Å²) in [6.07, 6.45) is 4.87. The van der Waals surface area contributed by atoms with E-state index in [2.05, 4.69) is 37.9 Å². The lowest BCUT2D eigenvalue weighted by molar-refractivity contribution is 0.568. The van der Waals surface area contributed by atoms with Crippen LogP contribution in [-0.2, 0) is 6.42 Å². The molecule has 146 valence electrons. The molecule has 0 saturated carbocycles. The number of rotatable bonds is 6. The molecule has 0 aliphatic carbocycles. The van der Waals surface area contributed by atoms with Crippen LogP contribution in [0.25, 0.3) is 10.9 Å². The van der Waals surface area contributed by atoms with Gasteiger partial charge in [-0.05, 0) is 49.1 Å². The maximum atomic E-state index is 12.0. The SMILES string of the molecule is O=c1ccn(NCCCNN2CCCc3cc(Br)cc(Cl)c32)c2ccccc12. The van der Waals surface area contributed by atoms with Gasteiger partial charge >= 0.3 is 0 Å². The molecule has 0 radical (unpaired) electrons. The number of hydrogen-bond acceptors (Lipinski definition) is 4. The smallest absolute Gasteiger partial charge is 0.189 e. The summed E-state index contributed by atoms with van der Waals surface area (Å²) < 4.78 is 2.94. The van der Waals surface area contributed by atoms with Crippen molar-refractivity contribution in [2.45, 2.75) is 19.3 Å². The minimum absolute atomic E-state index is 0.0441. The number of aryl methyl sites for hydroxylation is 1. The summed E-state index contributed by atoms with van der Waals surface area (Å²) in [4.78, 5) is 12.0. The van der Waals surface area contributed by atoms with Crippen LogP contribution in [0.2, 0.25) is 5.02 Å². The largest absolute Gasteiger partial charge is 0.326 e. The van der Waals surface area contributed by atoms with Crippen LogP contribution >= 0.6 is 27.5 Å². The molecule has 1 aliphatic rings. The Labute approximate surface area is 177 Å². The number of fused-ring (bicyclic) bond motifs is 2. The molecule has 2 N–H and O–H groups in total. The van der Waals surface area contributed by atoms with Crippen molar-refractivity contribution in [3.8, 4) is 0 Å². The molecule has 4 rings (SSSR count). The average molecular weight is 462 g/mol. The molecule has 2 aromatic carbocycles. The zero-order valence-corrected chi connectivity index (χ0v) is 17.8. The van der Waals surface area contributed by atoms with Crippen molar-refractivity contribution in [1.29, 1.82) is 0 Å². The summed E-state index contributed by atoms with van der Waals surface area (Å²) in [6.45, 7) is 2.57. The first-order valence-electron chi connectivity index (χ1n) is 9.47. The Balaban J connectivity index is 1.35. The number of hydrazine groups is 1. The van der Waals surface area contributed by atoms with E-state index in [-0.39, 0.29) is 5.43 Å². The highest BCUT2D eigenvalue weighted by Crippen LogP contribution is 2.36. The number of nitrogens with one attached hydrogen (secondary N) is 2. The van der Waals surface area contributed by atoms with E-state index in [0.29, 0.717) is 0 Å². The molecule has 7 heteroatoms.